The molecule has 244 valence electrons. The monoisotopic (exact) mass is 655 g/mol. The standard InChI is InChI=1S/C34H46ClN5O4S/c1-45(43,44)40(22-26-11-12-26)32-10-6-5-9-31(32)37-17-19-38(20-18-37)34(42)30(21-25-13-15-28(35)16-14-25)36-33(41)27-23-39(24-27)29-7-3-2-4-8-29/h5-6,9-10,13-16,26-27,29-30H,2-4,7-8,11-12,17-24H2,1H3,(H,36,41)/t30-/m1/s1. The molecule has 2 heterocycles. The average Bonchev–Trinajstić information content (AvgIpc) is 3.84. The second-order valence-electron chi connectivity index (χ2n) is 13.4. The van der Waals surface area contributed by atoms with Gasteiger partial charge in [-0.15, -0.1) is 0 Å². The quantitative estimate of drug-likeness (QED) is 0.391. The van der Waals surface area contributed by atoms with E-state index in [0.29, 0.717) is 61.8 Å². The lowest BCUT2D eigenvalue weighted by Gasteiger charge is -2.45. The fourth-order valence-electron chi connectivity index (χ4n) is 7.05. The van der Waals surface area contributed by atoms with Gasteiger partial charge in [0, 0.05) is 63.3 Å². The number of likely N-dealkylation sites (tertiary alicyclic amines) is 1. The number of hydrogen-bond donors (Lipinski definition) is 1. The van der Waals surface area contributed by atoms with Crippen molar-refractivity contribution in [1.29, 1.82) is 0 Å². The van der Waals surface area contributed by atoms with Crippen LogP contribution in [0.1, 0.15) is 50.5 Å². The normalized spacial score (nSPS) is 20.8. The number of para-hydroxylation sites is 2. The van der Waals surface area contributed by atoms with Gasteiger partial charge < -0.3 is 15.1 Å². The van der Waals surface area contributed by atoms with Crippen molar-refractivity contribution in [2.24, 2.45) is 11.8 Å². The topological polar surface area (TPSA) is 93.3 Å². The molecule has 9 nitrogen and oxygen atoms in total. The van der Waals surface area contributed by atoms with Crippen LogP contribution in [0.25, 0.3) is 0 Å². The first-order valence-corrected chi connectivity index (χ1v) is 18.8. The summed E-state index contributed by atoms with van der Waals surface area (Å²) in [6, 6.07) is 15.0. The van der Waals surface area contributed by atoms with E-state index in [0.717, 1.165) is 37.2 Å². The van der Waals surface area contributed by atoms with Crippen molar-refractivity contribution in [3.8, 4) is 0 Å². The molecule has 45 heavy (non-hydrogen) atoms. The minimum atomic E-state index is -3.44. The molecule has 0 bridgehead atoms. The molecule has 6 rings (SSSR count). The third-order valence-electron chi connectivity index (χ3n) is 9.94. The summed E-state index contributed by atoms with van der Waals surface area (Å²) >= 11 is 6.12. The lowest BCUT2D eigenvalue weighted by atomic mass is 9.88. The summed E-state index contributed by atoms with van der Waals surface area (Å²) in [4.78, 5) is 33.8. The predicted octanol–water partition coefficient (Wildman–Crippen LogP) is 4.16. The summed E-state index contributed by atoms with van der Waals surface area (Å²) in [7, 11) is -3.44. The van der Waals surface area contributed by atoms with Crippen LogP contribution < -0.4 is 14.5 Å². The molecule has 0 spiro atoms. The number of sulfonamides is 1. The van der Waals surface area contributed by atoms with E-state index in [4.69, 9.17) is 11.6 Å². The van der Waals surface area contributed by atoms with E-state index < -0.39 is 16.1 Å². The Kier molecular flexibility index (Phi) is 9.92. The summed E-state index contributed by atoms with van der Waals surface area (Å²) < 4.78 is 27.1. The highest BCUT2D eigenvalue weighted by Gasteiger charge is 2.39. The molecule has 2 aliphatic heterocycles. The Balaban J connectivity index is 1.11. The van der Waals surface area contributed by atoms with Gasteiger partial charge in [-0.2, -0.15) is 0 Å². The zero-order valence-electron chi connectivity index (χ0n) is 26.2. The van der Waals surface area contributed by atoms with Crippen molar-refractivity contribution in [1.82, 2.24) is 15.1 Å². The number of benzene rings is 2. The van der Waals surface area contributed by atoms with E-state index in [2.05, 4.69) is 15.1 Å². The maximum Gasteiger partial charge on any atom is 0.245 e. The van der Waals surface area contributed by atoms with Gasteiger partial charge in [0.25, 0.3) is 0 Å². The van der Waals surface area contributed by atoms with E-state index in [1.165, 1.54) is 38.4 Å². The lowest BCUT2D eigenvalue weighted by Crippen LogP contribution is -2.61. The molecule has 2 saturated heterocycles. The molecule has 11 heteroatoms. The third kappa shape index (κ3) is 7.95. The Bertz CT molecular complexity index is 1450. The Hall–Kier alpha value is -2.82. The first-order valence-electron chi connectivity index (χ1n) is 16.5. The van der Waals surface area contributed by atoms with E-state index in [1.807, 2.05) is 53.4 Å². The molecule has 2 saturated carbocycles. The molecule has 4 aliphatic rings. The average molecular weight is 656 g/mol. The number of carbonyl (C=O) groups is 2. The largest absolute Gasteiger partial charge is 0.366 e. The first-order chi connectivity index (χ1) is 21.7. The van der Waals surface area contributed by atoms with E-state index in [9.17, 15) is 18.0 Å². The number of rotatable bonds is 11. The number of nitrogens with one attached hydrogen (secondary N) is 1. The maximum atomic E-state index is 14.0. The molecule has 2 aromatic carbocycles. The first kappa shape index (κ1) is 32.1. The second kappa shape index (κ2) is 13.9. The molecule has 0 unspecified atom stereocenters. The number of nitrogens with zero attached hydrogens (tertiary/aromatic N) is 4. The van der Waals surface area contributed by atoms with Gasteiger partial charge in [-0.1, -0.05) is 55.1 Å². The minimum absolute atomic E-state index is 0.0431. The molecule has 4 fully saturated rings. The molecule has 0 radical (unpaired) electrons. The van der Waals surface area contributed by atoms with Gasteiger partial charge in [0.1, 0.15) is 6.04 Å². The molecule has 1 atom stereocenters. The van der Waals surface area contributed by atoms with Gasteiger partial charge in [-0.3, -0.25) is 18.8 Å². The molecule has 1 N–H and O–H groups in total. The van der Waals surface area contributed by atoms with Crippen molar-refractivity contribution in [2.45, 2.75) is 63.5 Å². The number of halogens is 1. The third-order valence-corrected chi connectivity index (χ3v) is 11.3. The number of anilines is 2. The highest BCUT2D eigenvalue weighted by Crippen LogP contribution is 2.37. The number of carbonyl (C=O) groups excluding carboxylic acids is 2. The highest BCUT2D eigenvalue weighted by molar-refractivity contribution is 7.92. The van der Waals surface area contributed by atoms with Crippen LogP contribution in [-0.2, 0) is 26.0 Å². The van der Waals surface area contributed by atoms with E-state index in [-0.39, 0.29) is 17.7 Å². The van der Waals surface area contributed by atoms with Crippen LogP contribution in [-0.4, -0.2) is 94.2 Å². The molecule has 0 aromatic heterocycles. The van der Waals surface area contributed by atoms with Crippen LogP contribution in [0.3, 0.4) is 0 Å². The maximum absolute atomic E-state index is 14.0. The zero-order valence-corrected chi connectivity index (χ0v) is 27.8. The smallest absolute Gasteiger partial charge is 0.245 e. The summed E-state index contributed by atoms with van der Waals surface area (Å²) in [5.41, 5.74) is 2.51. The van der Waals surface area contributed by atoms with Gasteiger partial charge >= 0.3 is 0 Å². The summed E-state index contributed by atoms with van der Waals surface area (Å²) in [5, 5.41) is 3.76. The van der Waals surface area contributed by atoms with Crippen molar-refractivity contribution < 1.29 is 18.0 Å². The van der Waals surface area contributed by atoms with Crippen LogP contribution in [0.5, 0.6) is 0 Å². The van der Waals surface area contributed by atoms with E-state index in [1.54, 1.807) is 4.31 Å². The van der Waals surface area contributed by atoms with Gasteiger partial charge in [-0.05, 0) is 61.4 Å². The Morgan fingerprint density at radius 2 is 1.60 bits per heavy atom. The van der Waals surface area contributed by atoms with Gasteiger partial charge in [0.05, 0.1) is 23.5 Å². The molecular weight excluding hydrogens is 610 g/mol. The SMILES string of the molecule is CS(=O)(=O)N(CC1CC1)c1ccccc1N1CCN(C(=O)[C@@H](Cc2ccc(Cl)cc2)NC(=O)C2CN(C3CCCCC3)C2)CC1. The Morgan fingerprint density at radius 1 is 0.933 bits per heavy atom. The van der Waals surface area contributed by atoms with E-state index >= 15 is 0 Å². The molecule has 2 amide bonds. The van der Waals surface area contributed by atoms with Crippen LogP contribution in [0.15, 0.2) is 48.5 Å². The van der Waals surface area contributed by atoms with Crippen molar-refractivity contribution in [2.75, 3.05) is 61.3 Å². The molecule has 2 aliphatic carbocycles. The van der Waals surface area contributed by atoms with Crippen molar-refractivity contribution in [3.63, 3.8) is 0 Å². The summed E-state index contributed by atoms with van der Waals surface area (Å²) in [6.07, 6.45) is 10.1. The fourth-order valence-corrected chi connectivity index (χ4v) is 8.17. The Morgan fingerprint density at radius 3 is 2.24 bits per heavy atom. The van der Waals surface area contributed by atoms with Crippen LogP contribution in [0.2, 0.25) is 5.02 Å². The highest BCUT2D eigenvalue weighted by atomic mass is 35.5. The van der Waals surface area contributed by atoms with Crippen molar-refractivity contribution >= 4 is 44.8 Å². The summed E-state index contributed by atoms with van der Waals surface area (Å²) in [6.45, 7) is 4.15. The number of amides is 2. The van der Waals surface area contributed by atoms with Gasteiger partial charge in [-0.25, -0.2) is 8.42 Å². The number of piperazine rings is 1. The van der Waals surface area contributed by atoms with Crippen LogP contribution >= 0.6 is 11.6 Å². The van der Waals surface area contributed by atoms with Gasteiger partial charge in [0.2, 0.25) is 21.8 Å². The predicted molar refractivity (Wildman–Crippen MR) is 179 cm³/mol. The molecule has 2 aromatic rings. The molecular formula is C34H46ClN5O4S. The Labute approximate surface area is 272 Å². The number of hydrogen-bond acceptors (Lipinski definition) is 6. The minimum Gasteiger partial charge on any atom is -0.366 e. The van der Waals surface area contributed by atoms with Gasteiger partial charge in [0.15, 0.2) is 0 Å². The second-order valence-corrected chi connectivity index (χ2v) is 15.7. The summed E-state index contributed by atoms with van der Waals surface area (Å²) in [5.74, 6) is 0.194. The zero-order chi connectivity index (χ0) is 31.6. The van der Waals surface area contributed by atoms with Crippen molar-refractivity contribution in [3.05, 3.63) is 59.1 Å². The van der Waals surface area contributed by atoms with Crippen LogP contribution in [0.4, 0.5) is 11.4 Å². The fraction of sp³-hybridized carbons (Fsp3) is 0.588. The van der Waals surface area contributed by atoms with Crippen LogP contribution in [0, 0.1) is 11.8 Å². The lowest BCUT2D eigenvalue weighted by molar-refractivity contribution is -0.140.